The molecule has 0 saturated heterocycles. The SMILES string of the molecule is CC/C=C\C/C=C\C/C=C\C/C=C\C/C=C\CCCCCCCCCCCCCC(=O)OCC(COP(=O)(O)OCC(O)COP(=O)(O)OCC(O)COC(=O)CCCCCCCCCCCCCCCCCCCCC/C=C\C/C=C\C/C=C\C/C=C\CCCCC)OC(=O)CCCCCCC/C=C\C/C=C\C/C=C\CC. The Hall–Kier alpha value is -4.57. The third-order valence-corrected chi connectivity index (χ3v) is 20.9. The molecule has 0 aromatic heterocycles. The fourth-order valence-corrected chi connectivity index (χ4v) is 13.8. The summed E-state index contributed by atoms with van der Waals surface area (Å²) in [6.07, 6.45) is 109. The Labute approximate surface area is 689 Å². The quantitative estimate of drug-likeness (QED) is 0.0146. The zero-order chi connectivity index (χ0) is 82.2. The van der Waals surface area contributed by atoms with Gasteiger partial charge in [-0.15, -0.1) is 0 Å². The van der Waals surface area contributed by atoms with E-state index in [2.05, 4.69) is 167 Å². The molecule has 0 amide bonds. The highest BCUT2D eigenvalue weighted by Gasteiger charge is 2.29. The number of ether oxygens (including phenoxy) is 3. The van der Waals surface area contributed by atoms with E-state index in [4.69, 9.17) is 32.3 Å². The summed E-state index contributed by atoms with van der Waals surface area (Å²) in [5.74, 6) is -1.59. The van der Waals surface area contributed by atoms with Crippen molar-refractivity contribution in [3.8, 4) is 0 Å². The van der Waals surface area contributed by atoms with E-state index in [1.54, 1.807) is 0 Å². The Kier molecular flexibility index (Phi) is 83.3. The number of hydrogen-bond acceptors (Lipinski definition) is 14. The number of carbonyl (C=O) groups excluding carboxylic acids is 3. The smallest absolute Gasteiger partial charge is 0.463 e. The minimum atomic E-state index is -4.94. The van der Waals surface area contributed by atoms with Gasteiger partial charge in [0.05, 0.1) is 26.4 Å². The standard InChI is InChI=1S/C95H164O16P2/c1-4-7-10-13-16-19-22-25-28-30-32-34-36-38-40-41-42-43-44-45-46-47-49-51-52-54-56-58-61-63-66-69-72-75-78-81-93(98)105-84-90(96)85-107-112(101,102)108-86-91(97)87-109-113(103,104)110-89-92(111-95(100)83-80-77-74-71-68-65-60-27-24-21-18-15-12-9-6-3)88-106-94(99)82-79-76-73-70-67-64-62-59-57-55-53-50-48-39-37-35-33-31-29-26-23-20-17-14-11-8-5-2/h8-9,11-12,16-21,25-29,32-35,38-40,48,60,90-92,96-97H,4-7,10,13-15,22-24,30-31,36-37,41-47,49-59,61-89H2,1-3H3,(H,101,102)(H,103,104)/b11-8-,12-9-,19-16-,20-17-,21-18-,28-25-,29-26-,34-32-,35-33-,40-38-,48-39-,60-27-. The monoisotopic (exact) mass is 1620 g/mol. The maximum atomic E-state index is 13.0. The van der Waals surface area contributed by atoms with Crippen LogP contribution in [0.3, 0.4) is 0 Å². The molecule has 5 atom stereocenters. The Bertz CT molecular complexity index is 2630. The van der Waals surface area contributed by atoms with E-state index in [1.165, 1.54) is 167 Å². The van der Waals surface area contributed by atoms with Crippen LogP contribution >= 0.6 is 15.6 Å². The predicted molar refractivity (Wildman–Crippen MR) is 473 cm³/mol. The largest absolute Gasteiger partial charge is 0.472 e. The predicted octanol–water partition coefficient (Wildman–Crippen LogP) is 27.6. The number of phosphoric ester groups is 2. The molecule has 0 rings (SSSR count). The summed E-state index contributed by atoms with van der Waals surface area (Å²) < 4.78 is 61.3. The molecular formula is C95H164O16P2. The molecule has 0 spiro atoms. The van der Waals surface area contributed by atoms with Gasteiger partial charge in [0, 0.05) is 19.3 Å². The van der Waals surface area contributed by atoms with Gasteiger partial charge < -0.3 is 34.2 Å². The Morgan fingerprint density at radius 3 is 0.743 bits per heavy atom. The van der Waals surface area contributed by atoms with Crippen molar-refractivity contribution in [1.29, 1.82) is 0 Å². The molecule has 0 bridgehead atoms. The number of carbonyl (C=O) groups is 3. The van der Waals surface area contributed by atoms with Gasteiger partial charge in [-0.25, -0.2) is 9.13 Å². The number of aliphatic hydroxyl groups is 2. The molecule has 0 aromatic carbocycles. The fourth-order valence-electron chi connectivity index (χ4n) is 12.2. The molecule has 4 N–H and O–H groups in total. The van der Waals surface area contributed by atoms with E-state index in [-0.39, 0.29) is 19.3 Å². The molecule has 0 aromatic rings. The summed E-state index contributed by atoms with van der Waals surface area (Å²) in [6.45, 7) is 2.44. The fraction of sp³-hybridized carbons (Fsp3) is 0.716. The van der Waals surface area contributed by atoms with Crippen molar-refractivity contribution in [2.45, 2.75) is 399 Å². The number of esters is 3. The normalized spacial score (nSPS) is 14.5. The van der Waals surface area contributed by atoms with Crippen LogP contribution < -0.4 is 0 Å². The Morgan fingerprint density at radius 2 is 0.469 bits per heavy atom. The van der Waals surface area contributed by atoms with Gasteiger partial charge in [-0.1, -0.05) is 366 Å². The van der Waals surface area contributed by atoms with Crippen molar-refractivity contribution in [3.05, 3.63) is 146 Å². The number of allylic oxidation sites excluding steroid dienone is 24. The van der Waals surface area contributed by atoms with Gasteiger partial charge >= 0.3 is 33.6 Å². The van der Waals surface area contributed by atoms with E-state index >= 15 is 0 Å². The van der Waals surface area contributed by atoms with Gasteiger partial charge in [0.25, 0.3) is 0 Å². The first-order valence-electron chi connectivity index (χ1n) is 45.1. The topological polar surface area (TPSA) is 231 Å². The van der Waals surface area contributed by atoms with Crippen LogP contribution in [-0.4, -0.2) is 95.9 Å². The van der Waals surface area contributed by atoms with Gasteiger partial charge in [0.15, 0.2) is 6.10 Å². The van der Waals surface area contributed by atoms with Gasteiger partial charge in [0.2, 0.25) is 0 Å². The van der Waals surface area contributed by atoms with Crippen LogP contribution in [0.25, 0.3) is 0 Å². The number of unbranched alkanes of at least 4 members (excludes halogenated alkanes) is 38. The highest BCUT2D eigenvalue weighted by molar-refractivity contribution is 7.47. The molecular weight excluding hydrogens is 1460 g/mol. The summed E-state index contributed by atoms with van der Waals surface area (Å²) in [7, 11) is -9.81. The highest BCUT2D eigenvalue weighted by atomic mass is 31.2. The first-order valence-corrected chi connectivity index (χ1v) is 48.1. The molecule has 0 aliphatic carbocycles. The molecule has 18 heteroatoms. The van der Waals surface area contributed by atoms with E-state index < -0.39 is 91.5 Å². The second-order valence-electron chi connectivity index (χ2n) is 30.0. The summed E-state index contributed by atoms with van der Waals surface area (Å²) in [4.78, 5) is 58.8. The maximum Gasteiger partial charge on any atom is 0.472 e. The molecule has 0 aliphatic heterocycles. The van der Waals surface area contributed by atoms with Crippen LogP contribution in [-0.2, 0) is 55.8 Å². The van der Waals surface area contributed by atoms with Gasteiger partial charge in [-0.3, -0.25) is 32.5 Å². The molecule has 650 valence electrons. The number of aliphatic hydroxyl groups excluding tert-OH is 2. The minimum Gasteiger partial charge on any atom is -0.463 e. The average Bonchev–Trinajstić information content (AvgIpc) is 0.864. The molecule has 113 heavy (non-hydrogen) atoms. The summed E-state index contributed by atoms with van der Waals surface area (Å²) in [6, 6.07) is 0. The highest BCUT2D eigenvalue weighted by Crippen LogP contribution is 2.45. The lowest BCUT2D eigenvalue weighted by molar-refractivity contribution is -0.161. The first-order chi connectivity index (χ1) is 55.2. The maximum absolute atomic E-state index is 13.0. The molecule has 0 saturated carbocycles. The third kappa shape index (κ3) is 88.1. The van der Waals surface area contributed by atoms with E-state index in [0.29, 0.717) is 19.3 Å². The second kappa shape index (κ2) is 86.8. The summed E-state index contributed by atoms with van der Waals surface area (Å²) >= 11 is 0. The number of hydrogen-bond donors (Lipinski definition) is 4. The van der Waals surface area contributed by atoms with Crippen molar-refractivity contribution in [2.24, 2.45) is 0 Å². The van der Waals surface area contributed by atoms with E-state index in [0.717, 1.165) is 154 Å². The van der Waals surface area contributed by atoms with E-state index in [1.807, 2.05) is 0 Å². The molecule has 0 fully saturated rings. The van der Waals surface area contributed by atoms with Crippen molar-refractivity contribution in [2.75, 3.05) is 39.6 Å². The minimum absolute atomic E-state index is 0.0821. The lowest BCUT2D eigenvalue weighted by Crippen LogP contribution is -2.30. The molecule has 0 radical (unpaired) electrons. The van der Waals surface area contributed by atoms with Crippen molar-refractivity contribution >= 4 is 33.6 Å². The first kappa shape index (κ1) is 108. The van der Waals surface area contributed by atoms with Gasteiger partial charge in [-0.05, 0) is 141 Å². The molecule has 0 aliphatic rings. The van der Waals surface area contributed by atoms with Crippen LogP contribution in [0.1, 0.15) is 380 Å². The summed E-state index contributed by atoms with van der Waals surface area (Å²) in [5.41, 5.74) is 0. The number of phosphoric acid groups is 2. The van der Waals surface area contributed by atoms with Crippen LogP contribution in [0, 0.1) is 0 Å². The number of rotatable bonds is 85. The zero-order valence-corrected chi connectivity index (χ0v) is 73.3. The van der Waals surface area contributed by atoms with E-state index in [9.17, 15) is 43.5 Å². The van der Waals surface area contributed by atoms with Crippen LogP contribution in [0.2, 0.25) is 0 Å². The van der Waals surface area contributed by atoms with Crippen LogP contribution in [0.4, 0.5) is 0 Å². The molecule has 5 unspecified atom stereocenters. The van der Waals surface area contributed by atoms with Crippen molar-refractivity contribution in [3.63, 3.8) is 0 Å². The van der Waals surface area contributed by atoms with Crippen molar-refractivity contribution in [1.82, 2.24) is 0 Å². The van der Waals surface area contributed by atoms with Crippen LogP contribution in [0.5, 0.6) is 0 Å². The zero-order valence-electron chi connectivity index (χ0n) is 71.5. The molecule has 16 nitrogen and oxygen atoms in total. The van der Waals surface area contributed by atoms with Gasteiger partial charge in [0.1, 0.15) is 25.4 Å². The lowest BCUT2D eigenvalue weighted by Gasteiger charge is -2.21. The molecule has 0 heterocycles. The lowest BCUT2D eigenvalue weighted by atomic mass is 10.0. The average molecular weight is 1620 g/mol. The Balaban J connectivity index is 4.43. The summed E-state index contributed by atoms with van der Waals surface area (Å²) in [5, 5.41) is 20.7. The van der Waals surface area contributed by atoms with Crippen LogP contribution in [0.15, 0.2) is 146 Å². The Morgan fingerprint density at radius 1 is 0.257 bits per heavy atom. The second-order valence-corrected chi connectivity index (χ2v) is 32.9. The van der Waals surface area contributed by atoms with Gasteiger partial charge in [-0.2, -0.15) is 0 Å². The van der Waals surface area contributed by atoms with Crippen molar-refractivity contribution < 1.29 is 75.8 Å². The third-order valence-electron chi connectivity index (χ3n) is 19.0.